The SMILES string of the molecule is CNCCOc1ccc(Cl)c(Cl)c1.[Cl-]. The van der Waals surface area contributed by atoms with Crippen LogP contribution in [0.4, 0.5) is 0 Å². The van der Waals surface area contributed by atoms with Crippen molar-refractivity contribution in [2.24, 2.45) is 0 Å². The van der Waals surface area contributed by atoms with Crippen LogP contribution in [-0.2, 0) is 0 Å². The Morgan fingerprint density at radius 3 is 2.57 bits per heavy atom. The molecule has 0 heterocycles. The fourth-order valence-electron chi connectivity index (χ4n) is 0.838. The Morgan fingerprint density at radius 2 is 2.00 bits per heavy atom. The topological polar surface area (TPSA) is 21.3 Å². The number of rotatable bonds is 4. The van der Waals surface area contributed by atoms with Gasteiger partial charge in [0.05, 0.1) is 10.0 Å². The van der Waals surface area contributed by atoms with Gasteiger partial charge in [0.15, 0.2) is 0 Å². The van der Waals surface area contributed by atoms with E-state index in [9.17, 15) is 0 Å². The molecule has 0 saturated heterocycles. The van der Waals surface area contributed by atoms with Crippen molar-refractivity contribution in [3.8, 4) is 5.75 Å². The van der Waals surface area contributed by atoms with Crippen molar-refractivity contribution in [1.29, 1.82) is 0 Å². The van der Waals surface area contributed by atoms with Gasteiger partial charge in [0.1, 0.15) is 12.4 Å². The summed E-state index contributed by atoms with van der Waals surface area (Å²) in [6.07, 6.45) is 0. The van der Waals surface area contributed by atoms with Gasteiger partial charge in [0.25, 0.3) is 0 Å². The van der Waals surface area contributed by atoms with E-state index in [0.717, 1.165) is 12.3 Å². The molecule has 0 radical (unpaired) electrons. The molecule has 0 atom stereocenters. The minimum Gasteiger partial charge on any atom is -1.00 e. The van der Waals surface area contributed by atoms with Gasteiger partial charge in [-0.05, 0) is 19.2 Å². The molecule has 1 aromatic carbocycles. The van der Waals surface area contributed by atoms with Crippen LogP contribution in [-0.4, -0.2) is 20.2 Å². The predicted octanol–water partition coefficient (Wildman–Crippen LogP) is -0.404. The van der Waals surface area contributed by atoms with E-state index >= 15 is 0 Å². The lowest BCUT2D eigenvalue weighted by atomic mass is 10.3. The molecular formula is C9H11Cl3NO-. The highest BCUT2D eigenvalue weighted by molar-refractivity contribution is 6.42. The van der Waals surface area contributed by atoms with Gasteiger partial charge in [0, 0.05) is 12.6 Å². The standard InChI is InChI=1S/C9H11Cl2NO.ClH/c1-12-4-5-13-7-2-3-8(10)9(11)6-7;/h2-3,6,12H,4-5H2,1H3;1H/p-1. The van der Waals surface area contributed by atoms with Gasteiger partial charge in [-0.3, -0.25) is 0 Å². The van der Waals surface area contributed by atoms with E-state index in [0.29, 0.717) is 16.7 Å². The maximum absolute atomic E-state index is 5.80. The van der Waals surface area contributed by atoms with Gasteiger partial charge in [-0.2, -0.15) is 0 Å². The summed E-state index contributed by atoms with van der Waals surface area (Å²) in [6.45, 7) is 1.43. The van der Waals surface area contributed by atoms with Crippen LogP contribution in [0.15, 0.2) is 18.2 Å². The predicted molar refractivity (Wildman–Crippen MR) is 55.9 cm³/mol. The van der Waals surface area contributed by atoms with E-state index in [-0.39, 0.29) is 12.4 Å². The lowest BCUT2D eigenvalue weighted by Crippen LogP contribution is -3.00. The van der Waals surface area contributed by atoms with E-state index in [1.807, 2.05) is 7.05 Å². The molecule has 0 spiro atoms. The Hall–Kier alpha value is -0.150. The van der Waals surface area contributed by atoms with Crippen LogP contribution < -0.4 is 22.5 Å². The van der Waals surface area contributed by atoms with E-state index in [1.165, 1.54) is 0 Å². The normalized spacial score (nSPS) is 9.36. The highest BCUT2D eigenvalue weighted by atomic mass is 35.5. The molecule has 1 rings (SSSR count). The zero-order chi connectivity index (χ0) is 9.68. The highest BCUT2D eigenvalue weighted by Crippen LogP contribution is 2.26. The second-order valence-electron chi connectivity index (χ2n) is 2.53. The fraction of sp³-hybridized carbons (Fsp3) is 0.333. The number of benzene rings is 1. The van der Waals surface area contributed by atoms with Gasteiger partial charge in [-0.15, -0.1) is 0 Å². The minimum absolute atomic E-state index is 0. The molecule has 0 aliphatic heterocycles. The summed E-state index contributed by atoms with van der Waals surface area (Å²) in [4.78, 5) is 0. The summed E-state index contributed by atoms with van der Waals surface area (Å²) >= 11 is 11.5. The number of halogens is 3. The van der Waals surface area contributed by atoms with Crippen molar-refractivity contribution >= 4 is 23.2 Å². The fourth-order valence-corrected chi connectivity index (χ4v) is 1.13. The lowest BCUT2D eigenvalue weighted by molar-refractivity contribution is -0.00000299. The third-order valence-corrected chi connectivity index (χ3v) is 2.25. The molecule has 0 aliphatic carbocycles. The van der Waals surface area contributed by atoms with E-state index in [2.05, 4.69) is 5.32 Å². The second kappa shape index (κ2) is 7.18. The van der Waals surface area contributed by atoms with Crippen molar-refractivity contribution in [2.75, 3.05) is 20.2 Å². The first kappa shape index (κ1) is 13.8. The van der Waals surface area contributed by atoms with Crippen molar-refractivity contribution in [3.63, 3.8) is 0 Å². The van der Waals surface area contributed by atoms with Crippen molar-refractivity contribution in [2.45, 2.75) is 0 Å². The molecule has 5 heteroatoms. The van der Waals surface area contributed by atoms with E-state index in [1.54, 1.807) is 18.2 Å². The molecule has 0 amide bonds. The molecule has 0 saturated carbocycles. The first-order valence-electron chi connectivity index (χ1n) is 3.96. The van der Waals surface area contributed by atoms with Gasteiger partial charge in [-0.1, -0.05) is 23.2 Å². The Morgan fingerprint density at radius 1 is 1.29 bits per heavy atom. The van der Waals surface area contributed by atoms with Gasteiger partial charge < -0.3 is 22.5 Å². The number of hydrogen-bond donors (Lipinski definition) is 1. The maximum Gasteiger partial charge on any atom is 0.120 e. The molecule has 0 aromatic heterocycles. The van der Waals surface area contributed by atoms with Gasteiger partial charge >= 0.3 is 0 Å². The zero-order valence-corrected chi connectivity index (χ0v) is 9.96. The van der Waals surface area contributed by atoms with Crippen LogP contribution in [0.2, 0.25) is 10.0 Å². The van der Waals surface area contributed by atoms with Crippen LogP contribution in [0.5, 0.6) is 5.75 Å². The molecule has 2 nitrogen and oxygen atoms in total. The van der Waals surface area contributed by atoms with Gasteiger partial charge in [0.2, 0.25) is 0 Å². The van der Waals surface area contributed by atoms with Gasteiger partial charge in [-0.25, -0.2) is 0 Å². The monoisotopic (exact) mass is 254 g/mol. The Balaban J connectivity index is 0.00000169. The van der Waals surface area contributed by atoms with Crippen LogP contribution in [0, 0.1) is 0 Å². The second-order valence-corrected chi connectivity index (χ2v) is 3.34. The Bertz CT molecular complexity index is 281. The van der Waals surface area contributed by atoms with Crippen molar-refractivity contribution in [3.05, 3.63) is 28.2 Å². The zero-order valence-electron chi connectivity index (χ0n) is 7.69. The number of nitrogens with one attached hydrogen (secondary N) is 1. The molecule has 1 N–H and O–H groups in total. The average Bonchev–Trinajstić information content (AvgIpc) is 2.12. The van der Waals surface area contributed by atoms with Crippen LogP contribution in [0.25, 0.3) is 0 Å². The first-order chi connectivity index (χ1) is 6.24. The van der Waals surface area contributed by atoms with Crippen LogP contribution in [0.3, 0.4) is 0 Å². The molecule has 0 fully saturated rings. The third kappa shape index (κ3) is 4.38. The van der Waals surface area contributed by atoms with Crippen LogP contribution in [0.1, 0.15) is 0 Å². The number of hydrogen-bond acceptors (Lipinski definition) is 2. The number of ether oxygens (including phenoxy) is 1. The molecule has 0 aliphatic rings. The summed E-state index contributed by atoms with van der Waals surface area (Å²) in [7, 11) is 1.87. The summed E-state index contributed by atoms with van der Waals surface area (Å²) in [5.41, 5.74) is 0. The molecular weight excluding hydrogens is 244 g/mol. The summed E-state index contributed by atoms with van der Waals surface area (Å²) < 4.78 is 5.38. The summed E-state index contributed by atoms with van der Waals surface area (Å²) in [6, 6.07) is 5.22. The van der Waals surface area contributed by atoms with Crippen molar-refractivity contribution in [1.82, 2.24) is 5.32 Å². The summed E-state index contributed by atoms with van der Waals surface area (Å²) in [5, 5.41) is 4.04. The molecule has 1 aromatic rings. The maximum atomic E-state index is 5.80. The van der Waals surface area contributed by atoms with E-state index < -0.39 is 0 Å². The minimum atomic E-state index is 0. The smallest absolute Gasteiger partial charge is 0.120 e. The number of likely N-dealkylation sites (N-methyl/N-ethyl adjacent to an activating group) is 1. The summed E-state index contributed by atoms with van der Waals surface area (Å²) in [5.74, 6) is 0.740. The van der Waals surface area contributed by atoms with E-state index in [4.69, 9.17) is 27.9 Å². The van der Waals surface area contributed by atoms with Crippen LogP contribution >= 0.6 is 23.2 Å². The largest absolute Gasteiger partial charge is 1.00 e. The highest BCUT2D eigenvalue weighted by Gasteiger charge is 1.99. The van der Waals surface area contributed by atoms with Crippen molar-refractivity contribution < 1.29 is 17.1 Å². The molecule has 0 bridgehead atoms. The Kier molecular flexibility index (Phi) is 7.11. The average molecular weight is 256 g/mol. The molecule has 80 valence electrons. The lowest BCUT2D eigenvalue weighted by Gasteiger charge is -2.06. The molecule has 0 unspecified atom stereocenters. The first-order valence-corrected chi connectivity index (χ1v) is 4.72. The third-order valence-electron chi connectivity index (χ3n) is 1.51. The molecule has 14 heavy (non-hydrogen) atoms. The Labute approximate surface area is 99.9 Å². The quantitative estimate of drug-likeness (QED) is 0.739.